The number of hydrogen-bond donors (Lipinski definition) is 2. The lowest BCUT2D eigenvalue weighted by molar-refractivity contribution is -0.117. The van der Waals surface area contributed by atoms with E-state index in [0.29, 0.717) is 11.8 Å². The van der Waals surface area contributed by atoms with Crippen LogP contribution in [0.25, 0.3) is 0 Å². The second-order valence-electron chi connectivity index (χ2n) is 5.13. The third-order valence-electron chi connectivity index (χ3n) is 3.72. The molecule has 0 aliphatic heterocycles. The Balaban J connectivity index is 2.23. The van der Waals surface area contributed by atoms with Crippen LogP contribution < -0.4 is 11.1 Å². The molecule has 0 aromatic carbocycles. The summed E-state index contributed by atoms with van der Waals surface area (Å²) in [4.78, 5) is 11.7. The molecular formula is C14H26N2O. The van der Waals surface area contributed by atoms with Crippen molar-refractivity contribution < 1.29 is 4.79 Å². The standard InChI is InChI=1S/C14H26N2O/c1-3-4-11(2)14(17)16-10-13-7-5-12(9-15)6-8-13/h4,12-13H,3,5-10,15H2,1-2H3,(H,16,17)/b11-4-. The molecule has 0 aromatic heterocycles. The lowest BCUT2D eigenvalue weighted by atomic mass is 9.82. The summed E-state index contributed by atoms with van der Waals surface area (Å²) < 4.78 is 0. The molecule has 1 fully saturated rings. The number of rotatable bonds is 5. The van der Waals surface area contributed by atoms with Gasteiger partial charge in [-0.1, -0.05) is 13.0 Å². The number of carbonyl (C=O) groups excluding carboxylic acids is 1. The van der Waals surface area contributed by atoms with Crippen molar-refractivity contribution in [2.75, 3.05) is 13.1 Å². The smallest absolute Gasteiger partial charge is 0.246 e. The largest absolute Gasteiger partial charge is 0.352 e. The van der Waals surface area contributed by atoms with E-state index in [1.807, 2.05) is 19.9 Å². The first-order chi connectivity index (χ1) is 8.17. The Morgan fingerprint density at radius 1 is 1.29 bits per heavy atom. The van der Waals surface area contributed by atoms with Gasteiger partial charge in [0.25, 0.3) is 0 Å². The fraction of sp³-hybridized carbons (Fsp3) is 0.786. The number of amides is 1. The Bertz CT molecular complexity index is 265. The van der Waals surface area contributed by atoms with Crippen LogP contribution in [0.1, 0.15) is 46.0 Å². The van der Waals surface area contributed by atoms with Crippen LogP contribution in [0.2, 0.25) is 0 Å². The quantitative estimate of drug-likeness (QED) is 0.722. The Morgan fingerprint density at radius 3 is 2.41 bits per heavy atom. The molecule has 0 bridgehead atoms. The van der Waals surface area contributed by atoms with E-state index >= 15 is 0 Å². The van der Waals surface area contributed by atoms with Crippen LogP contribution in [-0.2, 0) is 4.79 Å². The highest BCUT2D eigenvalue weighted by Crippen LogP contribution is 2.27. The first-order valence-corrected chi connectivity index (χ1v) is 6.82. The normalized spacial score (nSPS) is 25.7. The van der Waals surface area contributed by atoms with Crippen molar-refractivity contribution in [3.63, 3.8) is 0 Å². The minimum Gasteiger partial charge on any atom is -0.352 e. The minimum absolute atomic E-state index is 0.0906. The van der Waals surface area contributed by atoms with Gasteiger partial charge < -0.3 is 11.1 Å². The zero-order chi connectivity index (χ0) is 12.7. The number of carbonyl (C=O) groups is 1. The molecule has 1 amide bonds. The lowest BCUT2D eigenvalue weighted by Gasteiger charge is -2.27. The maximum Gasteiger partial charge on any atom is 0.246 e. The zero-order valence-corrected chi connectivity index (χ0v) is 11.2. The van der Waals surface area contributed by atoms with Gasteiger partial charge in [-0.15, -0.1) is 0 Å². The molecule has 3 heteroatoms. The monoisotopic (exact) mass is 238 g/mol. The third-order valence-corrected chi connectivity index (χ3v) is 3.72. The van der Waals surface area contributed by atoms with Gasteiger partial charge in [0.1, 0.15) is 0 Å². The first kappa shape index (κ1) is 14.2. The summed E-state index contributed by atoms with van der Waals surface area (Å²) in [6.07, 6.45) is 7.75. The molecule has 1 rings (SSSR count). The molecular weight excluding hydrogens is 212 g/mol. The summed E-state index contributed by atoms with van der Waals surface area (Å²) in [5.41, 5.74) is 6.50. The molecule has 1 saturated carbocycles. The van der Waals surface area contributed by atoms with Crippen molar-refractivity contribution in [2.45, 2.75) is 46.0 Å². The number of hydrogen-bond acceptors (Lipinski definition) is 2. The predicted octanol–water partition coefficient (Wildman–Crippen LogP) is 2.22. The highest BCUT2D eigenvalue weighted by atomic mass is 16.1. The van der Waals surface area contributed by atoms with Gasteiger partial charge in [-0.25, -0.2) is 0 Å². The van der Waals surface area contributed by atoms with E-state index in [1.165, 1.54) is 25.7 Å². The molecule has 0 heterocycles. The maximum atomic E-state index is 11.7. The van der Waals surface area contributed by atoms with Gasteiger partial charge >= 0.3 is 0 Å². The highest BCUT2D eigenvalue weighted by molar-refractivity contribution is 5.92. The van der Waals surface area contributed by atoms with E-state index in [4.69, 9.17) is 5.73 Å². The summed E-state index contributed by atoms with van der Waals surface area (Å²) in [5, 5.41) is 3.03. The van der Waals surface area contributed by atoms with Crippen LogP contribution in [0, 0.1) is 11.8 Å². The van der Waals surface area contributed by atoms with Crippen LogP contribution in [0.4, 0.5) is 0 Å². The van der Waals surface area contributed by atoms with Crippen molar-refractivity contribution in [1.29, 1.82) is 0 Å². The van der Waals surface area contributed by atoms with Crippen LogP contribution in [0.5, 0.6) is 0 Å². The molecule has 0 spiro atoms. The molecule has 0 aromatic rings. The topological polar surface area (TPSA) is 55.1 Å². The fourth-order valence-electron chi connectivity index (χ4n) is 2.45. The Labute approximate surface area is 105 Å². The van der Waals surface area contributed by atoms with E-state index in [0.717, 1.165) is 25.1 Å². The van der Waals surface area contributed by atoms with E-state index < -0.39 is 0 Å². The van der Waals surface area contributed by atoms with Gasteiger partial charge in [0.05, 0.1) is 0 Å². The minimum atomic E-state index is 0.0906. The van der Waals surface area contributed by atoms with Gasteiger partial charge in [-0.3, -0.25) is 4.79 Å². The summed E-state index contributed by atoms with van der Waals surface area (Å²) in [5.74, 6) is 1.45. The third kappa shape index (κ3) is 4.90. The molecule has 0 atom stereocenters. The van der Waals surface area contributed by atoms with Gasteiger partial charge in [-0.05, 0) is 57.4 Å². The van der Waals surface area contributed by atoms with E-state index in [1.54, 1.807) is 0 Å². The predicted molar refractivity (Wildman–Crippen MR) is 71.6 cm³/mol. The van der Waals surface area contributed by atoms with Crippen molar-refractivity contribution in [3.05, 3.63) is 11.6 Å². The number of nitrogens with two attached hydrogens (primary N) is 1. The summed E-state index contributed by atoms with van der Waals surface area (Å²) >= 11 is 0. The second kappa shape index (κ2) is 7.49. The first-order valence-electron chi connectivity index (χ1n) is 6.82. The highest BCUT2D eigenvalue weighted by Gasteiger charge is 2.20. The molecule has 98 valence electrons. The molecule has 0 unspecified atom stereocenters. The molecule has 3 N–H and O–H groups in total. The van der Waals surface area contributed by atoms with E-state index in [-0.39, 0.29) is 5.91 Å². The van der Waals surface area contributed by atoms with Crippen LogP contribution in [0.15, 0.2) is 11.6 Å². The average molecular weight is 238 g/mol. The van der Waals surface area contributed by atoms with Gasteiger partial charge in [-0.2, -0.15) is 0 Å². The SMILES string of the molecule is CC/C=C(/C)C(=O)NCC1CCC(CN)CC1. The fourth-order valence-corrected chi connectivity index (χ4v) is 2.45. The molecule has 0 saturated heterocycles. The second-order valence-corrected chi connectivity index (χ2v) is 5.13. The zero-order valence-electron chi connectivity index (χ0n) is 11.2. The van der Waals surface area contributed by atoms with Gasteiger partial charge in [0.2, 0.25) is 5.91 Å². The summed E-state index contributed by atoms with van der Waals surface area (Å²) in [7, 11) is 0. The van der Waals surface area contributed by atoms with Crippen LogP contribution in [-0.4, -0.2) is 19.0 Å². The summed E-state index contributed by atoms with van der Waals surface area (Å²) in [6.45, 7) is 5.57. The molecule has 17 heavy (non-hydrogen) atoms. The lowest BCUT2D eigenvalue weighted by Crippen LogP contribution is -2.32. The van der Waals surface area contributed by atoms with Crippen molar-refractivity contribution >= 4 is 5.91 Å². The Kier molecular flexibility index (Phi) is 6.27. The number of nitrogens with one attached hydrogen (secondary N) is 1. The van der Waals surface area contributed by atoms with Gasteiger partial charge in [0.15, 0.2) is 0 Å². The van der Waals surface area contributed by atoms with Crippen molar-refractivity contribution in [1.82, 2.24) is 5.32 Å². The van der Waals surface area contributed by atoms with E-state index in [9.17, 15) is 4.79 Å². The molecule has 0 radical (unpaired) electrons. The van der Waals surface area contributed by atoms with Crippen LogP contribution in [0.3, 0.4) is 0 Å². The molecule has 1 aliphatic rings. The number of allylic oxidation sites excluding steroid dienone is 1. The molecule has 1 aliphatic carbocycles. The van der Waals surface area contributed by atoms with E-state index in [2.05, 4.69) is 5.32 Å². The van der Waals surface area contributed by atoms with Crippen molar-refractivity contribution in [3.8, 4) is 0 Å². The van der Waals surface area contributed by atoms with Crippen molar-refractivity contribution in [2.24, 2.45) is 17.6 Å². The maximum absolute atomic E-state index is 11.7. The Hall–Kier alpha value is -0.830. The van der Waals surface area contributed by atoms with Crippen LogP contribution >= 0.6 is 0 Å². The average Bonchev–Trinajstić information content (AvgIpc) is 2.36. The Morgan fingerprint density at radius 2 is 1.88 bits per heavy atom. The van der Waals surface area contributed by atoms with Gasteiger partial charge in [0, 0.05) is 12.1 Å². The molecule has 3 nitrogen and oxygen atoms in total. The summed E-state index contributed by atoms with van der Waals surface area (Å²) in [6, 6.07) is 0.